The van der Waals surface area contributed by atoms with E-state index in [1.54, 1.807) is 6.07 Å². The van der Waals surface area contributed by atoms with Gasteiger partial charge in [0.25, 0.3) is 0 Å². The molecular weight excluding hydrogens is 250 g/mol. The van der Waals surface area contributed by atoms with Gasteiger partial charge in [-0.1, -0.05) is 17.7 Å². The number of sulfonamides is 1. The van der Waals surface area contributed by atoms with E-state index >= 15 is 0 Å². The molecule has 0 radical (unpaired) electrons. The van der Waals surface area contributed by atoms with E-state index < -0.39 is 10.0 Å². The summed E-state index contributed by atoms with van der Waals surface area (Å²) in [7, 11) is -3.43. The molecule has 5 heteroatoms. The zero-order valence-electron chi connectivity index (χ0n) is 10.8. The Hall–Kier alpha value is -0.910. The second-order valence-corrected chi connectivity index (χ2v) is 6.49. The molecular formula is C13H19NO3S. The molecule has 4 nitrogen and oxygen atoms in total. The molecule has 0 bridgehead atoms. The van der Waals surface area contributed by atoms with Crippen molar-refractivity contribution in [3.05, 3.63) is 29.3 Å². The average molecular weight is 269 g/mol. The van der Waals surface area contributed by atoms with Gasteiger partial charge in [-0.25, -0.2) is 13.1 Å². The molecule has 0 spiro atoms. The van der Waals surface area contributed by atoms with Crippen LogP contribution in [0.2, 0.25) is 0 Å². The van der Waals surface area contributed by atoms with Gasteiger partial charge >= 0.3 is 0 Å². The summed E-state index contributed by atoms with van der Waals surface area (Å²) < 4.78 is 32.3. The SMILES string of the molecule is Cc1ccc(S(=O)(=O)NCC2CCCO2)c(C)c1. The fraction of sp³-hybridized carbons (Fsp3) is 0.538. The summed E-state index contributed by atoms with van der Waals surface area (Å²) in [6.45, 7) is 4.85. The molecule has 18 heavy (non-hydrogen) atoms. The zero-order chi connectivity index (χ0) is 13.2. The Kier molecular flexibility index (Phi) is 4.04. The molecule has 0 amide bonds. The first-order valence-electron chi connectivity index (χ1n) is 6.17. The second kappa shape index (κ2) is 5.38. The van der Waals surface area contributed by atoms with Crippen molar-refractivity contribution in [2.75, 3.05) is 13.2 Å². The first-order chi connectivity index (χ1) is 8.49. The van der Waals surface area contributed by atoms with Crippen LogP contribution in [0.25, 0.3) is 0 Å². The number of benzene rings is 1. The number of hydrogen-bond donors (Lipinski definition) is 1. The van der Waals surface area contributed by atoms with Crippen molar-refractivity contribution < 1.29 is 13.2 Å². The van der Waals surface area contributed by atoms with Crippen molar-refractivity contribution >= 4 is 10.0 Å². The van der Waals surface area contributed by atoms with Crippen LogP contribution in [0.3, 0.4) is 0 Å². The van der Waals surface area contributed by atoms with Gasteiger partial charge in [-0.05, 0) is 38.3 Å². The maximum atomic E-state index is 12.2. The summed E-state index contributed by atoms with van der Waals surface area (Å²) >= 11 is 0. The highest BCUT2D eigenvalue weighted by Crippen LogP contribution is 2.17. The largest absolute Gasteiger partial charge is 0.377 e. The van der Waals surface area contributed by atoms with Gasteiger partial charge in [0.2, 0.25) is 10.0 Å². The van der Waals surface area contributed by atoms with Crippen LogP contribution in [0.15, 0.2) is 23.1 Å². The number of rotatable bonds is 4. The molecule has 1 aliphatic heterocycles. The van der Waals surface area contributed by atoms with Crippen LogP contribution in [0.4, 0.5) is 0 Å². The van der Waals surface area contributed by atoms with E-state index in [1.165, 1.54) is 0 Å². The lowest BCUT2D eigenvalue weighted by Crippen LogP contribution is -2.32. The minimum Gasteiger partial charge on any atom is -0.377 e. The van der Waals surface area contributed by atoms with Gasteiger partial charge in [0.05, 0.1) is 11.0 Å². The zero-order valence-corrected chi connectivity index (χ0v) is 11.6. The molecule has 1 aromatic rings. The van der Waals surface area contributed by atoms with Crippen LogP contribution in [0.5, 0.6) is 0 Å². The Morgan fingerprint density at radius 2 is 2.17 bits per heavy atom. The average Bonchev–Trinajstić information content (AvgIpc) is 2.78. The van der Waals surface area contributed by atoms with Crippen LogP contribution in [-0.4, -0.2) is 27.7 Å². The fourth-order valence-electron chi connectivity index (χ4n) is 2.19. The Bertz CT molecular complexity index is 519. The summed E-state index contributed by atoms with van der Waals surface area (Å²) in [6, 6.07) is 5.34. The molecule has 1 fully saturated rings. The van der Waals surface area contributed by atoms with Gasteiger partial charge in [0.15, 0.2) is 0 Å². The monoisotopic (exact) mass is 269 g/mol. The third-order valence-electron chi connectivity index (χ3n) is 3.14. The second-order valence-electron chi connectivity index (χ2n) is 4.76. The van der Waals surface area contributed by atoms with Gasteiger partial charge < -0.3 is 4.74 Å². The van der Waals surface area contributed by atoms with E-state index in [-0.39, 0.29) is 6.10 Å². The van der Waals surface area contributed by atoms with Gasteiger partial charge in [0.1, 0.15) is 0 Å². The molecule has 1 unspecified atom stereocenters. The Labute approximate surface area is 108 Å². The summed E-state index contributed by atoms with van der Waals surface area (Å²) in [5.74, 6) is 0. The molecule has 1 heterocycles. The van der Waals surface area contributed by atoms with E-state index in [4.69, 9.17) is 4.74 Å². The lowest BCUT2D eigenvalue weighted by Gasteiger charge is -2.13. The van der Waals surface area contributed by atoms with E-state index in [0.29, 0.717) is 11.4 Å². The van der Waals surface area contributed by atoms with Crippen molar-refractivity contribution in [3.63, 3.8) is 0 Å². The maximum absolute atomic E-state index is 12.2. The van der Waals surface area contributed by atoms with E-state index in [9.17, 15) is 8.42 Å². The molecule has 0 aromatic heterocycles. The minimum atomic E-state index is -3.43. The predicted molar refractivity (Wildman–Crippen MR) is 70.1 cm³/mol. The summed E-state index contributed by atoms with van der Waals surface area (Å²) in [4.78, 5) is 0.353. The quantitative estimate of drug-likeness (QED) is 0.906. The maximum Gasteiger partial charge on any atom is 0.240 e. The standard InChI is InChI=1S/C13H19NO3S/c1-10-5-6-13(11(2)8-10)18(15,16)14-9-12-4-3-7-17-12/h5-6,8,12,14H,3-4,7,9H2,1-2H3. The van der Waals surface area contributed by atoms with Crippen molar-refractivity contribution in [2.24, 2.45) is 0 Å². The van der Waals surface area contributed by atoms with Gasteiger partial charge in [-0.3, -0.25) is 0 Å². The normalized spacial score (nSPS) is 20.2. The Morgan fingerprint density at radius 1 is 1.39 bits per heavy atom. The third kappa shape index (κ3) is 3.10. The molecule has 1 aliphatic rings. The van der Waals surface area contributed by atoms with Crippen molar-refractivity contribution in [3.8, 4) is 0 Å². The molecule has 100 valence electrons. The number of aryl methyl sites for hydroxylation is 2. The Morgan fingerprint density at radius 3 is 2.78 bits per heavy atom. The van der Waals surface area contributed by atoms with Gasteiger partial charge in [0, 0.05) is 13.2 Å². The topological polar surface area (TPSA) is 55.4 Å². The van der Waals surface area contributed by atoms with E-state index in [0.717, 1.165) is 30.6 Å². The molecule has 1 N–H and O–H groups in total. The highest BCUT2D eigenvalue weighted by atomic mass is 32.2. The lowest BCUT2D eigenvalue weighted by molar-refractivity contribution is 0.114. The smallest absolute Gasteiger partial charge is 0.240 e. The predicted octanol–water partition coefficient (Wildman–Crippen LogP) is 1.76. The Balaban J connectivity index is 2.09. The number of hydrogen-bond acceptors (Lipinski definition) is 3. The van der Waals surface area contributed by atoms with E-state index in [1.807, 2.05) is 26.0 Å². The fourth-order valence-corrected chi connectivity index (χ4v) is 3.48. The van der Waals surface area contributed by atoms with Crippen LogP contribution < -0.4 is 4.72 Å². The lowest BCUT2D eigenvalue weighted by atomic mass is 10.2. The number of ether oxygens (including phenoxy) is 1. The van der Waals surface area contributed by atoms with Crippen LogP contribution >= 0.6 is 0 Å². The van der Waals surface area contributed by atoms with E-state index in [2.05, 4.69) is 4.72 Å². The van der Waals surface area contributed by atoms with Crippen LogP contribution in [0.1, 0.15) is 24.0 Å². The van der Waals surface area contributed by atoms with Crippen molar-refractivity contribution in [2.45, 2.75) is 37.7 Å². The minimum absolute atomic E-state index is 0.0190. The summed E-state index contributed by atoms with van der Waals surface area (Å²) in [5, 5.41) is 0. The van der Waals surface area contributed by atoms with Crippen molar-refractivity contribution in [1.82, 2.24) is 4.72 Å². The first kappa shape index (κ1) is 13.5. The highest BCUT2D eigenvalue weighted by Gasteiger charge is 2.21. The molecule has 1 aromatic carbocycles. The third-order valence-corrected chi connectivity index (χ3v) is 4.73. The molecule has 2 rings (SSSR count). The summed E-state index contributed by atoms with van der Waals surface area (Å²) in [5.41, 5.74) is 1.83. The van der Waals surface area contributed by atoms with Gasteiger partial charge in [-0.2, -0.15) is 0 Å². The number of nitrogens with one attached hydrogen (secondary N) is 1. The summed E-state index contributed by atoms with van der Waals surface area (Å²) in [6.07, 6.45) is 1.95. The highest BCUT2D eigenvalue weighted by molar-refractivity contribution is 7.89. The first-order valence-corrected chi connectivity index (χ1v) is 7.66. The van der Waals surface area contributed by atoms with Crippen molar-refractivity contribution in [1.29, 1.82) is 0 Å². The molecule has 0 saturated carbocycles. The van der Waals surface area contributed by atoms with Gasteiger partial charge in [-0.15, -0.1) is 0 Å². The molecule has 1 saturated heterocycles. The van der Waals surface area contributed by atoms with Crippen LogP contribution in [-0.2, 0) is 14.8 Å². The molecule has 1 atom stereocenters. The molecule has 0 aliphatic carbocycles. The van der Waals surface area contributed by atoms with Crippen LogP contribution in [0, 0.1) is 13.8 Å².